The zero-order valence-electron chi connectivity index (χ0n) is 17.0. The molecule has 2 amide bonds. The van der Waals surface area contributed by atoms with Gasteiger partial charge in [0.2, 0.25) is 11.7 Å². The molecule has 1 saturated heterocycles. The lowest BCUT2D eigenvalue weighted by Crippen LogP contribution is -2.40. The van der Waals surface area contributed by atoms with Crippen LogP contribution in [0.2, 0.25) is 0 Å². The van der Waals surface area contributed by atoms with Crippen LogP contribution in [0, 0.1) is 0 Å². The van der Waals surface area contributed by atoms with Crippen LogP contribution < -0.4 is 14.8 Å². The molecule has 0 spiro atoms. The van der Waals surface area contributed by atoms with Crippen molar-refractivity contribution in [3.63, 3.8) is 0 Å². The van der Waals surface area contributed by atoms with Crippen LogP contribution in [0.15, 0.2) is 53.1 Å². The highest BCUT2D eigenvalue weighted by Gasteiger charge is 2.27. The van der Waals surface area contributed by atoms with Crippen molar-refractivity contribution in [2.24, 2.45) is 0 Å². The van der Waals surface area contributed by atoms with E-state index in [2.05, 4.69) is 15.5 Å². The molecule has 1 aliphatic rings. The molecule has 0 unspecified atom stereocenters. The van der Waals surface area contributed by atoms with E-state index in [1.807, 2.05) is 48.5 Å². The molecule has 8 heteroatoms. The minimum absolute atomic E-state index is 0.110. The Hall–Kier alpha value is -3.55. The standard InChI is InChI=1S/C22H24N4O4/c1-28-18-8-6-17(7-9-18)23-22(27)26-12-10-15(11-13-26)21-24-20(25-30-21)16-4-3-5-19(14-16)29-2/h3-9,14-15H,10-13H2,1-2H3,(H,23,27). The van der Waals surface area contributed by atoms with E-state index in [1.54, 1.807) is 19.1 Å². The van der Waals surface area contributed by atoms with Crippen molar-refractivity contribution in [1.29, 1.82) is 0 Å². The number of anilines is 1. The van der Waals surface area contributed by atoms with Crippen molar-refractivity contribution in [3.05, 3.63) is 54.4 Å². The number of nitrogens with zero attached hydrogens (tertiary/aromatic N) is 3. The third kappa shape index (κ3) is 4.37. The van der Waals surface area contributed by atoms with Gasteiger partial charge in [-0.2, -0.15) is 4.98 Å². The molecule has 156 valence electrons. The summed E-state index contributed by atoms with van der Waals surface area (Å²) in [6.07, 6.45) is 1.55. The van der Waals surface area contributed by atoms with Crippen LogP contribution >= 0.6 is 0 Å². The van der Waals surface area contributed by atoms with Gasteiger partial charge in [-0.3, -0.25) is 0 Å². The second-order valence-corrected chi connectivity index (χ2v) is 7.11. The maximum Gasteiger partial charge on any atom is 0.321 e. The summed E-state index contributed by atoms with van der Waals surface area (Å²) in [7, 11) is 3.24. The quantitative estimate of drug-likeness (QED) is 0.682. The van der Waals surface area contributed by atoms with Gasteiger partial charge in [-0.05, 0) is 49.2 Å². The topological polar surface area (TPSA) is 89.7 Å². The lowest BCUT2D eigenvalue weighted by Gasteiger charge is -2.30. The molecule has 0 radical (unpaired) electrons. The number of likely N-dealkylation sites (tertiary alicyclic amines) is 1. The highest BCUT2D eigenvalue weighted by atomic mass is 16.5. The monoisotopic (exact) mass is 408 g/mol. The van der Waals surface area contributed by atoms with Crippen molar-refractivity contribution in [3.8, 4) is 22.9 Å². The van der Waals surface area contributed by atoms with Crippen LogP contribution in [0.5, 0.6) is 11.5 Å². The molecule has 0 atom stereocenters. The fourth-order valence-corrected chi connectivity index (χ4v) is 3.49. The van der Waals surface area contributed by atoms with Crippen LogP contribution in [-0.2, 0) is 0 Å². The van der Waals surface area contributed by atoms with Crippen molar-refractivity contribution < 1.29 is 18.8 Å². The summed E-state index contributed by atoms with van der Waals surface area (Å²) < 4.78 is 15.9. The maximum atomic E-state index is 12.5. The molecule has 2 aromatic carbocycles. The fraction of sp³-hybridized carbons (Fsp3) is 0.318. The van der Waals surface area contributed by atoms with Gasteiger partial charge in [0.05, 0.1) is 14.2 Å². The highest BCUT2D eigenvalue weighted by molar-refractivity contribution is 5.89. The van der Waals surface area contributed by atoms with E-state index < -0.39 is 0 Å². The number of hydrogen-bond donors (Lipinski definition) is 1. The average Bonchev–Trinajstić information content (AvgIpc) is 3.30. The number of carbonyl (C=O) groups excluding carboxylic acids is 1. The summed E-state index contributed by atoms with van der Waals surface area (Å²) >= 11 is 0. The maximum absolute atomic E-state index is 12.5. The van der Waals surface area contributed by atoms with Gasteiger partial charge in [0.1, 0.15) is 11.5 Å². The first-order chi connectivity index (χ1) is 14.7. The molecule has 1 N–H and O–H groups in total. The van der Waals surface area contributed by atoms with Crippen LogP contribution in [-0.4, -0.2) is 48.4 Å². The third-order valence-electron chi connectivity index (χ3n) is 5.24. The van der Waals surface area contributed by atoms with Gasteiger partial charge in [-0.15, -0.1) is 0 Å². The Balaban J connectivity index is 1.34. The zero-order valence-corrected chi connectivity index (χ0v) is 17.0. The van der Waals surface area contributed by atoms with Crippen molar-refractivity contribution >= 4 is 11.7 Å². The summed E-state index contributed by atoms with van der Waals surface area (Å²) in [5.41, 5.74) is 1.59. The van der Waals surface area contributed by atoms with Crippen molar-refractivity contribution in [2.75, 3.05) is 32.6 Å². The number of nitrogens with one attached hydrogen (secondary N) is 1. The second-order valence-electron chi connectivity index (χ2n) is 7.11. The average molecular weight is 408 g/mol. The molecular formula is C22H24N4O4. The number of urea groups is 1. The van der Waals surface area contributed by atoms with Gasteiger partial charge >= 0.3 is 6.03 Å². The van der Waals surface area contributed by atoms with E-state index >= 15 is 0 Å². The van der Waals surface area contributed by atoms with Gasteiger partial charge in [-0.1, -0.05) is 17.3 Å². The Morgan fingerprint density at radius 1 is 1.07 bits per heavy atom. The Labute approximate surface area is 174 Å². The number of amides is 2. The highest BCUT2D eigenvalue weighted by Crippen LogP contribution is 2.29. The van der Waals surface area contributed by atoms with E-state index in [4.69, 9.17) is 14.0 Å². The summed E-state index contributed by atoms with van der Waals surface area (Å²) in [5, 5.41) is 7.04. The van der Waals surface area contributed by atoms with E-state index in [0.717, 1.165) is 35.6 Å². The molecule has 0 aliphatic carbocycles. The molecule has 30 heavy (non-hydrogen) atoms. The van der Waals surface area contributed by atoms with Gasteiger partial charge in [0, 0.05) is 30.3 Å². The zero-order chi connectivity index (χ0) is 20.9. The van der Waals surface area contributed by atoms with E-state index in [-0.39, 0.29) is 11.9 Å². The largest absolute Gasteiger partial charge is 0.497 e. The first kappa shape index (κ1) is 19.8. The molecule has 1 aliphatic heterocycles. The molecular weight excluding hydrogens is 384 g/mol. The number of piperidine rings is 1. The Kier molecular flexibility index (Phi) is 5.83. The summed E-state index contributed by atoms with van der Waals surface area (Å²) in [4.78, 5) is 18.9. The molecule has 1 fully saturated rings. The Morgan fingerprint density at radius 3 is 2.50 bits per heavy atom. The van der Waals surface area contributed by atoms with Crippen LogP contribution in [0.3, 0.4) is 0 Å². The minimum atomic E-state index is -0.110. The molecule has 8 nitrogen and oxygen atoms in total. The second kappa shape index (κ2) is 8.86. The third-order valence-corrected chi connectivity index (χ3v) is 5.24. The number of methoxy groups -OCH3 is 2. The molecule has 0 saturated carbocycles. The summed E-state index contributed by atoms with van der Waals surface area (Å²) in [5.74, 6) is 2.80. The van der Waals surface area contributed by atoms with Gasteiger partial charge in [0.25, 0.3) is 0 Å². The SMILES string of the molecule is COc1ccc(NC(=O)N2CCC(c3nc(-c4cccc(OC)c4)no3)CC2)cc1. The smallest absolute Gasteiger partial charge is 0.321 e. The fourth-order valence-electron chi connectivity index (χ4n) is 3.49. The lowest BCUT2D eigenvalue weighted by atomic mass is 9.97. The Bertz CT molecular complexity index is 994. The summed E-state index contributed by atoms with van der Waals surface area (Å²) in [6, 6.07) is 14.7. The molecule has 3 aromatic rings. The van der Waals surface area contributed by atoms with Gasteiger partial charge in [0.15, 0.2) is 0 Å². The molecule has 1 aromatic heterocycles. The van der Waals surface area contributed by atoms with Gasteiger partial charge < -0.3 is 24.2 Å². The minimum Gasteiger partial charge on any atom is -0.497 e. The van der Waals surface area contributed by atoms with Crippen LogP contribution in [0.1, 0.15) is 24.7 Å². The number of ether oxygens (including phenoxy) is 2. The predicted octanol–water partition coefficient (Wildman–Crippen LogP) is 4.17. The number of hydrogen-bond acceptors (Lipinski definition) is 6. The molecule has 0 bridgehead atoms. The van der Waals surface area contributed by atoms with E-state index in [9.17, 15) is 4.79 Å². The number of benzene rings is 2. The summed E-state index contributed by atoms with van der Waals surface area (Å²) in [6.45, 7) is 1.26. The normalized spacial score (nSPS) is 14.4. The predicted molar refractivity (Wildman–Crippen MR) is 112 cm³/mol. The molecule has 2 heterocycles. The number of carbonyl (C=O) groups is 1. The first-order valence-corrected chi connectivity index (χ1v) is 9.84. The van der Waals surface area contributed by atoms with Crippen LogP contribution in [0.25, 0.3) is 11.4 Å². The molecule has 4 rings (SSSR count). The van der Waals surface area contributed by atoms with E-state index in [1.165, 1.54) is 0 Å². The number of rotatable bonds is 5. The first-order valence-electron chi connectivity index (χ1n) is 9.84. The van der Waals surface area contributed by atoms with E-state index in [0.29, 0.717) is 24.8 Å². The number of aromatic nitrogens is 2. The Morgan fingerprint density at radius 2 is 1.80 bits per heavy atom. The lowest BCUT2D eigenvalue weighted by molar-refractivity contribution is 0.187. The van der Waals surface area contributed by atoms with Crippen molar-refractivity contribution in [1.82, 2.24) is 15.0 Å². The van der Waals surface area contributed by atoms with Gasteiger partial charge in [-0.25, -0.2) is 4.79 Å². The van der Waals surface area contributed by atoms with Crippen LogP contribution in [0.4, 0.5) is 10.5 Å². The van der Waals surface area contributed by atoms with Crippen molar-refractivity contribution in [2.45, 2.75) is 18.8 Å².